The second-order valence-electron chi connectivity index (χ2n) is 8.64. The van der Waals surface area contributed by atoms with E-state index in [9.17, 15) is 14.7 Å². The summed E-state index contributed by atoms with van der Waals surface area (Å²) in [5, 5.41) is 11.2. The Morgan fingerprint density at radius 1 is 1.00 bits per heavy atom. The quantitative estimate of drug-likeness (QED) is 0.254. The van der Waals surface area contributed by atoms with Crippen LogP contribution in [0.3, 0.4) is 0 Å². The molecule has 1 unspecified atom stereocenters. The van der Waals surface area contributed by atoms with Crippen LogP contribution < -0.4 is 4.74 Å². The number of ketones is 1. The van der Waals surface area contributed by atoms with Crippen molar-refractivity contribution in [2.24, 2.45) is 0 Å². The van der Waals surface area contributed by atoms with Gasteiger partial charge in [0, 0.05) is 11.6 Å². The Bertz CT molecular complexity index is 974. The number of unbranched alkanes of at least 4 members (excludes halogenated alkanes) is 2. The van der Waals surface area contributed by atoms with E-state index >= 15 is 0 Å². The summed E-state index contributed by atoms with van der Waals surface area (Å²) in [5.41, 5.74) is 1.53. The molecule has 1 saturated carbocycles. The molecule has 2 fully saturated rings. The van der Waals surface area contributed by atoms with Gasteiger partial charge in [-0.2, -0.15) is 0 Å². The van der Waals surface area contributed by atoms with Gasteiger partial charge in [0.2, 0.25) is 0 Å². The van der Waals surface area contributed by atoms with Gasteiger partial charge >= 0.3 is 0 Å². The van der Waals surface area contributed by atoms with E-state index in [4.69, 9.17) is 4.74 Å². The Hall–Kier alpha value is -3.08. The van der Waals surface area contributed by atoms with Crippen molar-refractivity contribution < 1.29 is 19.4 Å². The van der Waals surface area contributed by atoms with E-state index in [-0.39, 0.29) is 17.4 Å². The molecule has 0 bridgehead atoms. The standard InChI is InChI=1S/C27H31NO4/c1-2-3-9-18-32-22-16-14-20(15-17-22)25(29)23-24(19-10-5-4-6-11-19)28(27(31)26(23)30)21-12-7-8-13-21/h4-6,10-11,14-17,21,24,29H,2-3,7-9,12-13,18H2,1H3/b25-23-. The fraction of sp³-hybridized carbons (Fsp3) is 0.407. The van der Waals surface area contributed by atoms with Crippen LogP contribution in [0.5, 0.6) is 5.75 Å². The molecule has 1 heterocycles. The summed E-state index contributed by atoms with van der Waals surface area (Å²) in [6.07, 6.45) is 7.14. The number of hydrogen-bond acceptors (Lipinski definition) is 4. The zero-order chi connectivity index (χ0) is 22.5. The average Bonchev–Trinajstić information content (AvgIpc) is 3.44. The summed E-state index contributed by atoms with van der Waals surface area (Å²) >= 11 is 0. The summed E-state index contributed by atoms with van der Waals surface area (Å²) in [6, 6.07) is 16.1. The Kier molecular flexibility index (Phi) is 6.93. The normalized spacial score (nSPS) is 20.8. The maximum Gasteiger partial charge on any atom is 0.295 e. The number of carbonyl (C=O) groups excluding carboxylic acids is 2. The van der Waals surface area contributed by atoms with Crippen molar-refractivity contribution in [1.29, 1.82) is 0 Å². The molecule has 2 aromatic rings. The fourth-order valence-corrected chi connectivity index (χ4v) is 4.78. The van der Waals surface area contributed by atoms with Crippen molar-refractivity contribution in [2.45, 2.75) is 64.0 Å². The van der Waals surface area contributed by atoms with Gasteiger partial charge < -0.3 is 14.7 Å². The highest BCUT2D eigenvalue weighted by Crippen LogP contribution is 2.43. The van der Waals surface area contributed by atoms with Gasteiger partial charge in [0.15, 0.2) is 0 Å². The lowest BCUT2D eigenvalue weighted by Gasteiger charge is -2.30. The number of hydrogen-bond donors (Lipinski definition) is 1. The SMILES string of the molecule is CCCCCOc1ccc(/C(O)=C2/C(=O)C(=O)N(C3CCCC3)C2c2ccccc2)cc1. The first-order chi connectivity index (χ1) is 15.6. The highest BCUT2D eigenvalue weighted by Gasteiger charge is 2.49. The number of aliphatic hydroxyl groups is 1. The smallest absolute Gasteiger partial charge is 0.295 e. The Labute approximate surface area is 189 Å². The number of nitrogens with zero attached hydrogens (tertiary/aromatic N) is 1. The maximum absolute atomic E-state index is 13.1. The van der Waals surface area contributed by atoms with E-state index in [1.165, 1.54) is 0 Å². The number of ether oxygens (including phenoxy) is 1. The third-order valence-electron chi connectivity index (χ3n) is 6.46. The van der Waals surface area contributed by atoms with Crippen LogP contribution in [-0.4, -0.2) is 34.3 Å². The van der Waals surface area contributed by atoms with Gasteiger partial charge in [-0.15, -0.1) is 0 Å². The second kappa shape index (κ2) is 10.0. The predicted octanol–water partition coefficient (Wildman–Crippen LogP) is 5.62. The minimum Gasteiger partial charge on any atom is -0.507 e. The van der Waals surface area contributed by atoms with Crippen molar-refractivity contribution >= 4 is 17.4 Å². The molecule has 2 aliphatic rings. The molecule has 5 nitrogen and oxygen atoms in total. The van der Waals surface area contributed by atoms with Gasteiger partial charge in [-0.3, -0.25) is 9.59 Å². The van der Waals surface area contributed by atoms with Crippen LogP contribution in [0, 0.1) is 0 Å². The number of aliphatic hydroxyl groups excluding tert-OH is 1. The lowest BCUT2D eigenvalue weighted by molar-refractivity contribution is -0.141. The van der Waals surface area contributed by atoms with E-state index in [0.29, 0.717) is 12.2 Å². The molecule has 1 amide bonds. The lowest BCUT2D eigenvalue weighted by atomic mass is 9.94. The van der Waals surface area contributed by atoms with Crippen molar-refractivity contribution in [2.75, 3.05) is 6.61 Å². The van der Waals surface area contributed by atoms with Gasteiger partial charge in [0.05, 0.1) is 18.2 Å². The highest BCUT2D eigenvalue weighted by molar-refractivity contribution is 6.46. The molecule has 0 aromatic heterocycles. The van der Waals surface area contributed by atoms with Crippen LogP contribution in [0.15, 0.2) is 60.2 Å². The van der Waals surface area contributed by atoms with E-state index in [0.717, 1.165) is 56.3 Å². The number of benzene rings is 2. The Morgan fingerprint density at radius 2 is 1.69 bits per heavy atom. The minimum atomic E-state index is -0.608. The minimum absolute atomic E-state index is 0.0286. The molecular weight excluding hydrogens is 402 g/mol. The maximum atomic E-state index is 13.1. The number of amides is 1. The van der Waals surface area contributed by atoms with Gasteiger partial charge in [-0.1, -0.05) is 62.9 Å². The van der Waals surface area contributed by atoms with Crippen LogP contribution in [0.2, 0.25) is 0 Å². The number of Topliss-reactive ketones (excluding diaryl/α,β-unsaturated/α-hetero) is 1. The third-order valence-corrected chi connectivity index (χ3v) is 6.46. The van der Waals surface area contributed by atoms with Gasteiger partial charge in [-0.05, 0) is 49.1 Å². The van der Waals surface area contributed by atoms with Crippen molar-refractivity contribution in [3.05, 3.63) is 71.3 Å². The second-order valence-corrected chi connectivity index (χ2v) is 8.64. The van der Waals surface area contributed by atoms with Crippen LogP contribution in [0.4, 0.5) is 0 Å². The predicted molar refractivity (Wildman–Crippen MR) is 124 cm³/mol. The van der Waals surface area contributed by atoms with E-state index < -0.39 is 17.7 Å². The molecule has 32 heavy (non-hydrogen) atoms. The van der Waals surface area contributed by atoms with Gasteiger partial charge in [0.25, 0.3) is 11.7 Å². The van der Waals surface area contributed by atoms with E-state index in [1.807, 2.05) is 30.3 Å². The van der Waals surface area contributed by atoms with Crippen LogP contribution in [0.25, 0.3) is 5.76 Å². The van der Waals surface area contributed by atoms with Crippen LogP contribution >= 0.6 is 0 Å². The molecule has 2 aromatic carbocycles. The summed E-state index contributed by atoms with van der Waals surface area (Å²) in [6.45, 7) is 2.80. The van der Waals surface area contributed by atoms with Crippen molar-refractivity contribution in [1.82, 2.24) is 4.90 Å². The number of carbonyl (C=O) groups is 2. The molecule has 1 N–H and O–H groups in total. The molecule has 168 valence electrons. The topological polar surface area (TPSA) is 66.8 Å². The first kappa shape index (κ1) is 22.1. The van der Waals surface area contributed by atoms with E-state index in [1.54, 1.807) is 29.2 Å². The molecule has 1 saturated heterocycles. The molecule has 1 aliphatic heterocycles. The number of rotatable bonds is 8. The third kappa shape index (κ3) is 4.43. The van der Waals surface area contributed by atoms with Gasteiger partial charge in [0.1, 0.15) is 11.5 Å². The molecular formula is C27H31NO4. The molecule has 4 rings (SSSR count). The Balaban J connectivity index is 1.67. The largest absolute Gasteiger partial charge is 0.507 e. The first-order valence-corrected chi connectivity index (χ1v) is 11.7. The van der Waals surface area contributed by atoms with Gasteiger partial charge in [-0.25, -0.2) is 0 Å². The summed E-state index contributed by atoms with van der Waals surface area (Å²) in [5.74, 6) is -0.523. The summed E-state index contributed by atoms with van der Waals surface area (Å²) in [7, 11) is 0. The van der Waals surface area contributed by atoms with E-state index in [2.05, 4.69) is 6.92 Å². The zero-order valence-electron chi connectivity index (χ0n) is 18.6. The molecule has 0 spiro atoms. The van der Waals surface area contributed by atoms with Crippen molar-refractivity contribution in [3.63, 3.8) is 0 Å². The molecule has 1 atom stereocenters. The summed E-state index contributed by atoms with van der Waals surface area (Å²) < 4.78 is 5.75. The van der Waals surface area contributed by atoms with Crippen molar-refractivity contribution in [3.8, 4) is 5.75 Å². The molecule has 5 heteroatoms. The number of likely N-dealkylation sites (tertiary alicyclic amines) is 1. The molecule has 1 aliphatic carbocycles. The lowest BCUT2D eigenvalue weighted by Crippen LogP contribution is -2.37. The fourth-order valence-electron chi connectivity index (χ4n) is 4.78. The van der Waals surface area contributed by atoms with Crippen LogP contribution in [0.1, 0.15) is 69.0 Å². The Morgan fingerprint density at radius 3 is 2.34 bits per heavy atom. The average molecular weight is 434 g/mol. The highest BCUT2D eigenvalue weighted by atomic mass is 16.5. The monoisotopic (exact) mass is 433 g/mol. The molecule has 0 radical (unpaired) electrons. The van der Waals surface area contributed by atoms with Crippen LogP contribution in [-0.2, 0) is 9.59 Å². The first-order valence-electron chi connectivity index (χ1n) is 11.7. The summed E-state index contributed by atoms with van der Waals surface area (Å²) in [4.78, 5) is 27.9. The zero-order valence-corrected chi connectivity index (χ0v) is 18.6.